The lowest BCUT2D eigenvalue weighted by molar-refractivity contribution is -0.187. The highest BCUT2D eigenvalue weighted by atomic mass is 19.3. The van der Waals surface area contributed by atoms with Gasteiger partial charge in [0.2, 0.25) is 0 Å². The quantitative estimate of drug-likeness (QED) is 0.273. The SMILES string of the molecule is CCC1CCC(c2ccc(C(F)(F)Oc3ccccc3-c3cc(F)c(OC(F)F)c(F)c3)c(F)c2)CC1. The number of alkyl halides is 4. The maximum absolute atomic E-state index is 15.1. The van der Waals surface area contributed by atoms with Crippen molar-refractivity contribution in [1.82, 2.24) is 0 Å². The zero-order valence-corrected chi connectivity index (χ0v) is 19.9. The number of benzene rings is 3. The van der Waals surface area contributed by atoms with E-state index in [1.54, 1.807) is 0 Å². The molecule has 198 valence electrons. The Labute approximate surface area is 210 Å². The standard InChI is InChI=1S/C28H25F7O2/c1-2-16-7-9-17(10-8-16)18-11-12-21(22(29)13-18)28(34,35)37-25-6-4-3-5-20(25)19-14-23(30)26(24(31)15-19)36-27(32)33/h3-6,11-17,27H,2,7-10H2,1H3. The van der Waals surface area contributed by atoms with Gasteiger partial charge >= 0.3 is 12.7 Å². The minimum Gasteiger partial charge on any atom is -0.429 e. The molecule has 1 aliphatic rings. The van der Waals surface area contributed by atoms with Gasteiger partial charge in [-0.1, -0.05) is 37.6 Å². The highest BCUT2D eigenvalue weighted by Gasteiger charge is 2.39. The molecule has 0 heterocycles. The van der Waals surface area contributed by atoms with Crippen LogP contribution in [0.4, 0.5) is 30.7 Å². The van der Waals surface area contributed by atoms with Gasteiger partial charge in [0, 0.05) is 5.56 Å². The van der Waals surface area contributed by atoms with Crippen LogP contribution in [0.5, 0.6) is 11.5 Å². The third-order valence-corrected chi connectivity index (χ3v) is 6.84. The number of para-hydroxylation sites is 1. The molecule has 0 atom stereocenters. The van der Waals surface area contributed by atoms with Gasteiger partial charge in [-0.05, 0) is 79.0 Å². The first kappa shape index (κ1) is 26.8. The number of rotatable bonds is 8. The second-order valence-electron chi connectivity index (χ2n) is 9.13. The first-order chi connectivity index (χ1) is 17.6. The zero-order valence-electron chi connectivity index (χ0n) is 19.9. The molecule has 4 rings (SSSR count). The third kappa shape index (κ3) is 6.02. The molecule has 2 nitrogen and oxygen atoms in total. The van der Waals surface area contributed by atoms with E-state index in [9.17, 15) is 22.0 Å². The fourth-order valence-corrected chi connectivity index (χ4v) is 4.83. The lowest BCUT2D eigenvalue weighted by Crippen LogP contribution is -2.24. The van der Waals surface area contributed by atoms with E-state index in [0.717, 1.165) is 50.3 Å². The number of ether oxygens (including phenoxy) is 2. The molecule has 1 aliphatic carbocycles. The van der Waals surface area contributed by atoms with Crippen molar-refractivity contribution in [3.8, 4) is 22.6 Å². The van der Waals surface area contributed by atoms with Crippen molar-refractivity contribution in [1.29, 1.82) is 0 Å². The minimum atomic E-state index is -4.12. The van der Waals surface area contributed by atoms with Gasteiger partial charge in [0.05, 0.1) is 5.56 Å². The van der Waals surface area contributed by atoms with Gasteiger partial charge in [-0.2, -0.15) is 17.6 Å². The highest BCUT2D eigenvalue weighted by molar-refractivity contribution is 5.71. The summed E-state index contributed by atoms with van der Waals surface area (Å²) >= 11 is 0. The lowest BCUT2D eigenvalue weighted by Gasteiger charge is -2.28. The van der Waals surface area contributed by atoms with E-state index >= 15 is 8.78 Å². The maximum atomic E-state index is 15.1. The van der Waals surface area contributed by atoms with E-state index in [1.165, 1.54) is 24.3 Å². The Morgan fingerprint density at radius 1 is 0.865 bits per heavy atom. The summed E-state index contributed by atoms with van der Waals surface area (Å²) < 4.78 is 107. The van der Waals surface area contributed by atoms with Gasteiger partial charge in [0.1, 0.15) is 11.6 Å². The highest BCUT2D eigenvalue weighted by Crippen LogP contribution is 2.42. The topological polar surface area (TPSA) is 18.5 Å². The van der Waals surface area contributed by atoms with Crippen LogP contribution in [0.15, 0.2) is 54.6 Å². The molecular weight excluding hydrogens is 501 g/mol. The summed E-state index contributed by atoms with van der Waals surface area (Å²) in [4.78, 5) is 0. The molecule has 0 aromatic heterocycles. The van der Waals surface area contributed by atoms with Crippen molar-refractivity contribution in [3.05, 3.63) is 83.2 Å². The van der Waals surface area contributed by atoms with Crippen molar-refractivity contribution >= 4 is 0 Å². The Hall–Kier alpha value is -3.23. The average molecular weight is 526 g/mol. The Balaban J connectivity index is 1.59. The Kier molecular flexibility index (Phi) is 7.99. The fourth-order valence-electron chi connectivity index (χ4n) is 4.83. The molecule has 1 fully saturated rings. The third-order valence-electron chi connectivity index (χ3n) is 6.84. The van der Waals surface area contributed by atoms with Crippen LogP contribution in [0.1, 0.15) is 56.1 Å². The molecule has 0 bridgehead atoms. The summed E-state index contributed by atoms with van der Waals surface area (Å²) in [6, 6.07) is 10.0. The fraction of sp³-hybridized carbons (Fsp3) is 0.357. The molecule has 9 heteroatoms. The van der Waals surface area contributed by atoms with Gasteiger partial charge in [0.25, 0.3) is 0 Å². The number of hydrogen-bond donors (Lipinski definition) is 0. The van der Waals surface area contributed by atoms with Crippen LogP contribution in [-0.2, 0) is 6.11 Å². The van der Waals surface area contributed by atoms with Gasteiger partial charge in [0.15, 0.2) is 17.4 Å². The minimum absolute atomic E-state index is 0.100. The van der Waals surface area contributed by atoms with Gasteiger partial charge in [-0.15, -0.1) is 0 Å². The van der Waals surface area contributed by atoms with E-state index in [-0.39, 0.29) is 17.0 Å². The van der Waals surface area contributed by atoms with Crippen LogP contribution >= 0.6 is 0 Å². The van der Waals surface area contributed by atoms with Crippen LogP contribution in [0, 0.1) is 23.4 Å². The van der Waals surface area contributed by atoms with Gasteiger partial charge in [-0.25, -0.2) is 13.2 Å². The van der Waals surface area contributed by atoms with Gasteiger partial charge in [-0.3, -0.25) is 0 Å². The lowest BCUT2D eigenvalue weighted by atomic mass is 9.78. The Bertz CT molecular complexity index is 1210. The molecule has 3 aromatic carbocycles. The molecule has 0 amide bonds. The molecule has 0 aliphatic heterocycles. The van der Waals surface area contributed by atoms with Crippen molar-refractivity contribution in [3.63, 3.8) is 0 Å². The average Bonchev–Trinajstić information content (AvgIpc) is 2.86. The normalized spacial score (nSPS) is 18.2. The Morgan fingerprint density at radius 3 is 2.11 bits per heavy atom. The Morgan fingerprint density at radius 2 is 1.51 bits per heavy atom. The summed E-state index contributed by atoms with van der Waals surface area (Å²) in [7, 11) is 0. The first-order valence-electron chi connectivity index (χ1n) is 12.0. The predicted octanol–water partition coefficient (Wildman–Crippen LogP) is 9.18. The molecule has 3 aromatic rings. The maximum Gasteiger partial charge on any atom is 0.429 e. The van der Waals surface area contributed by atoms with Crippen LogP contribution in [0.2, 0.25) is 0 Å². The molecule has 0 radical (unpaired) electrons. The molecule has 0 spiro atoms. The molecule has 0 N–H and O–H groups in total. The van der Waals surface area contributed by atoms with Crippen LogP contribution < -0.4 is 9.47 Å². The molecule has 1 saturated carbocycles. The van der Waals surface area contributed by atoms with E-state index in [4.69, 9.17) is 4.74 Å². The smallest absolute Gasteiger partial charge is 0.429 e. The largest absolute Gasteiger partial charge is 0.429 e. The van der Waals surface area contributed by atoms with Gasteiger partial charge < -0.3 is 9.47 Å². The number of hydrogen-bond acceptors (Lipinski definition) is 2. The first-order valence-corrected chi connectivity index (χ1v) is 12.0. The van der Waals surface area contributed by atoms with Crippen LogP contribution in [0.3, 0.4) is 0 Å². The molecule has 37 heavy (non-hydrogen) atoms. The summed E-state index contributed by atoms with van der Waals surface area (Å²) in [6.45, 7) is -1.33. The molecular formula is C28H25F7O2. The van der Waals surface area contributed by atoms with Crippen LogP contribution in [0.25, 0.3) is 11.1 Å². The van der Waals surface area contributed by atoms with Crippen molar-refractivity contribution in [2.24, 2.45) is 5.92 Å². The summed E-state index contributed by atoms with van der Waals surface area (Å²) in [5.41, 5.74) is -0.745. The second kappa shape index (κ2) is 11.0. The predicted molar refractivity (Wildman–Crippen MR) is 124 cm³/mol. The van der Waals surface area contributed by atoms with E-state index in [1.807, 2.05) is 0 Å². The van der Waals surface area contributed by atoms with Crippen molar-refractivity contribution in [2.45, 2.75) is 57.7 Å². The monoisotopic (exact) mass is 526 g/mol. The van der Waals surface area contributed by atoms with E-state index < -0.39 is 47.2 Å². The van der Waals surface area contributed by atoms with Crippen molar-refractivity contribution < 1.29 is 40.2 Å². The zero-order chi connectivity index (χ0) is 26.7. The van der Waals surface area contributed by atoms with E-state index in [2.05, 4.69) is 11.7 Å². The molecule has 0 unspecified atom stereocenters. The summed E-state index contributed by atoms with van der Waals surface area (Å²) in [6.07, 6.45) is 0.720. The summed E-state index contributed by atoms with van der Waals surface area (Å²) in [5, 5.41) is 0. The summed E-state index contributed by atoms with van der Waals surface area (Å²) in [5.74, 6) is -5.08. The molecule has 0 saturated heterocycles. The van der Waals surface area contributed by atoms with Crippen molar-refractivity contribution in [2.75, 3.05) is 0 Å². The second-order valence-corrected chi connectivity index (χ2v) is 9.13. The van der Waals surface area contributed by atoms with Crippen LogP contribution in [-0.4, -0.2) is 6.61 Å². The van der Waals surface area contributed by atoms with E-state index in [0.29, 0.717) is 23.6 Å². The number of halogens is 7.